The van der Waals surface area contributed by atoms with Gasteiger partial charge in [0, 0.05) is 22.5 Å². The summed E-state index contributed by atoms with van der Waals surface area (Å²) in [5.41, 5.74) is 1.55. The van der Waals surface area contributed by atoms with Gasteiger partial charge in [0.2, 0.25) is 5.91 Å². The van der Waals surface area contributed by atoms with Crippen molar-refractivity contribution in [2.24, 2.45) is 0 Å². The Morgan fingerprint density at radius 2 is 1.69 bits per heavy atom. The zero-order valence-corrected chi connectivity index (χ0v) is 14.8. The third-order valence-corrected chi connectivity index (χ3v) is 4.14. The molecule has 0 saturated heterocycles. The Morgan fingerprint density at radius 1 is 0.923 bits per heavy atom. The van der Waals surface area contributed by atoms with Crippen molar-refractivity contribution in [1.29, 1.82) is 0 Å². The van der Waals surface area contributed by atoms with Crippen LogP contribution in [0.4, 0.5) is 5.69 Å². The lowest BCUT2D eigenvalue weighted by Gasteiger charge is -2.09. The number of esters is 1. The normalized spacial score (nSPS) is 10.5. The number of carbonyl (C=O) groups is 2. The van der Waals surface area contributed by atoms with Crippen LogP contribution in [0.25, 0.3) is 10.8 Å². The highest BCUT2D eigenvalue weighted by molar-refractivity contribution is 6.30. The summed E-state index contributed by atoms with van der Waals surface area (Å²) < 4.78 is 5.18. The van der Waals surface area contributed by atoms with Gasteiger partial charge in [-0.3, -0.25) is 9.59 Å². The van der Waals surface area contributed by atoms with Crippen molar-refractivity contribution in [1.82, 2.24) is 0 Å². The summed E-state index contributed by atoms with van der Waals surface area (Å²) in [6, 6.07) is 20.6. The van der Waals surface area contributed by atoms with Gasteiger partial charge in [-0.2, -0.15) is 0 Å². The average Bonchev–Trinajstić information content (AvgIpc) is 2.65. The molecular formula is C21H18ClNO3. The largest absolute Gasteiger partial charge is 0.461 e. The Bertz CT molecular complexity index is 934. The maximum Gasteiger partial charge on any atom is 0.306 e. The molecule has 0 aliphatic heterocycles. The van der Waals surface area contributed by atoms with Crippen LogP contribution in [0.3, 0.4) is 0 Å². The van der Waals surface area contributed by atoms with Crippen LogP contribution >= 0.6 is 11.6 Å². The fourth-order valence-corrected chi connectivity index (χ4v) is 2.84. The smallest absolute Gasteiger partial charge is 0.306 e. The number of anilines is 1. The van der Waals surface area contributed by atoms with E-state index in [0.29, 0.717) is 5.02 Å². The molecule has 0 heterocycles. The molecule has 0 aliphatic carbocycles. The van der Waals surface area contributed by atoms with Gasteiger partial charge in [0.05, 0.1) is 6.42 Å². The van der Waals surface area contributed by atoms with Crippen LogP contribution in [-0.4, -0.2) is 11.9 Å². The van der Waals surface area contributed by atoms with Crippen LogP contribution in [-0.2, 0) is 20.9 Å². The van der Waals surface area contributed by atoms with Crippen LogP contribution in [0.1, 0.15) is 18.4 Å². The molecule has 0 spiro atoms. The Morgan fingerprint density at radius 3 is 2.54 bits per heavy atom. The molecule has 0 aromatic heterocycles. The quantitative estimate of drug-likeness (QED) is 0.627. The molecule has 0 aliphatic rings. The minimum Gasteiger partial charge on any atom is -0.461 e. The summed E-state index contributed by atoms with van der Waals surface area (Å²) in [6.07, 6.45) is 0.0920. The van der Waals surface area contributed by atoms with Gasteiger partial charge in [-0.15, -0.1) is 0 Å². The summed E-state index contributed by atoms with van der Waals surface area (Å²) in [5.74, 6) is -0.640. The van der Waals surface area contributed by atoms with Gasteiger partial charge >= 0.3 is 5.97 Å². The number of benzene rings is 3. The molecule has 0 atom stereocenters. The van der Waals surface area contributed by atoms with E-state index in [2.05, 4.69) is 5.32 Å². The lowest BCUT2D eigenvalue weighted by molar-refractivity contribution is -0.145. The molecule has 26 heavy (non-hydrogen) atoms. The molecule has 0 bridgehead atoms. The topological polar surface area (TPSA) is 55.4 Å². The zero-order valence-electron chi connectivity index (χ0n) is 14.1. The molecule has 132 valence electrons. The molecule has 3 aromatic rings. The van der Waals surface area contributed by atoms with Crippen molar-refractivity contribution in [2.45, 2.75) is 19.4 Å². The van der Waals surface area contributed by atoms with E-state index in [1.807, 2.05) is 48.5 Å². The molecule has 0 saturated carbocycles. The second-order valence-corrected chi connectivity index (χ2v) is 6.30. The SMILES string of the molecule is O=C(CCC(=O)OCc1cccc(Cl)c1)Nc1cccc2ccccc12. The average molecular weight is 368 g/mol. The molecule has 0 fully saturated rings. The molecule has 1 amide bonds. The molecule has 5 heteroatoms. The van der Waals surface area contributed by atoms with E-state index in [9.17, 15) is 9.59 Å². The molecule has 3 rings (SSSR count). The third-order valence-electron chi connectivity index (χ3n) is 3.91. The summed E-state index contributed by atoms with van der Waals surface area (Å²) >= 11 is 5.89. The lowest BCUT2D eigenvalue weighted by Crippen LogP contribution is -2.14. The standard InChI is InChI=1S/C21H18ClNO3/c22-17-8-3-5-15(13-17)14-26-21(25)12-11-20(24)23-19-10-4-7-16-6-1-2-9-18(16)19/h1-10,13H,11-12,14H2,(H,23,24). The zero-order chi connectivity index (χ0) is 18.4. The minimum absolute atomic E-state index is 0.0250. The Kier molecular flexibility index (Phi) is 5.87. The van der Waals surface area contributed by atoms with Gasteiger partial charge in [-0.25, -0.2) is 0 Å². The molecule has 3 aromatic carbocycles. The highest BCUT2D eigenvalue weighted by atomic mass is 35.5. The number of fused-ring (bicyclic) bond motifs is 1. The van der Waals surface area contributed by atoms with E-state index in [0.717, 1.165) is 22.0 Å². The maximum atomic E-state index is 12.1. The Labute approximate surface area is 156 Å². The van der Waals surface area contributed by atoms with Gasteiger partial charge in [-0.05, 0) is 29.1 Å². The first-order valence-electron chi connectivity index (χ1n) is 8.29. The fourth-order valence-electron chi connectivity index (χ4n) is 2.63. The van der Waals surface area contributed by atoms with Gasteiger partial charge in [-0.1, -0.05) is 60.1 Å². The maximum absolute atomic E-state index is 12.1. The van der Waals surface area contributed by atoms with Crippen LogP contribution < -0.4 is 5.32 Å². The number of rotatable bonds is 6. The predicted molar refractivity (Wildman–Crippen MR) is 103 cm³/mol. The van der Waals surface area contributed by atoms with Crippen LogP contribution in [0.2, 0.25) is 5.02 Å². The first-order valence-corrected chi connectivity index (χ1v) is 8.67. The van der Waals surface area contributed by atoms with E-state index in [-0.39, 0.29) is 25.4 Å². The monoisotopic (exact) mass is 367 g/mol. The van der Waals surface area contributed by atoms with Gasteiger partial charge in [0.1, 0.15) is 6.61 Å². The number of ether oxygens (including phenoxy) is 1. The first kappa shape index (κ1) is 18.0. The van der Waals surface area contributed by atoms with Crippen molar-refractivity contribution < 1.29 is 14.3 Å². The van der Waals surface area contributed by atoms with Gasteiger partial charge in [0.25, 0.3) is 0 Å². The highest BCUT2D eigenvalue weighted by Gasteiger charge is 2.10. The molecule has 0 radical (unpaired) electrons. The summed E-state index contributed by atoms with van der Waals surface area (Å²) in [5, 5.41) is 5.46. The summed E-state index contributed by atoms with van der Waals surface area (Å²) in [6.45, 7) is 0.143. The van der Waals surface area contributed by atoms with Gasteiger partial charge < -0.3 is 10.1 Å². The fraction of sp³-hybridized carbons (Fsp3) is 0.143. The van der Waals surface area contributed by atoms with E-state index in [1.54, 1.807) is 18.2 Å². The van der Waals surface area contributed by atoms with Crippen molar-refractivity contribution in [3.8, 4) is 0 Å². The number of carbonyl (C=O) groups excluding carboxylic acids is 2. The first-order chi connectivity index (χ1) is 12.6. The highest BCUT2D eigenvalue weighted by Crippen LogP contribution is 2.23. The number of halogens is 1. The van der Waals surface area contributed by atoms with E-state index < -0.39 is 5.97 Å². The lowest BCUT2D eigenvalue weighted by atomic mass is 10.1. The third kappa shape index (κ3) is 4.83. The van der Waals surface area contributed by atoms with E-state index in [1.165, 1.54) is 0 Å². The summed E-state index contributed by atoms with van der Waals surface area (Å²) in [4.78, 5) is 24.0. The summed E-state index contributed by atoms with van der Waals surface area (Å²) in [7, 11) is 0. The minimum atomic E-state index is -0.418. The van der Waals surface area contributed by atoms with Crippen molar-refractivity contribution in [3.63, 3.8) is 0 Å². The predicted octanol–water partition coefficient (Wildman–Crippen LogP) is 4.96. The number of amides is 1. The molecule has 4 nitrogen and oxygen atoms in total. The number of hydrogen-bond acceptors (Lipinski definition) is 3. The Hall–Kier alpha value is -2.85. The van der Waals surface area contributed by atoms with Crippen molar-refractivity contribution >= 4 is 39.9 Å². The van der Waals surface area contributed by atoms with E-state index >= 15 is 0 Å². The molecule has 1 N–H and O–H groups in total. The van der Waals surface area contributed by atoms with Crippen LogP contribution in [0.5, 0.6) is 0 Å². The van der Waals surface area contributed by atoms with Crippen molar-refractivity contribution in [3.05, 3.63) is 77.3 Å². The second-order valence-electron chi connectivity index (χ2n) is 5.87. The number of hydrogen-bond donors (Lipinski definition) is 1. The van der Waals surface area contributed by atoms with Crippen LogP contribution in [0.15, 0.2) is 66.7 Å². The molecule has 0 unspecified atom stereocenters. The van der Waals surface area contributed by atoms with Crippen molar-refractivity contribution in [2.75, 3.05) is 5.32 Å². The Balaban J connectivity index is 1.50. The van der Waals surface area contributed by atoms with E-state index in [4.69, 9.17) is 16.3 Å². The molecular weight excluding hydrogens is 350 g/mol. The number of nitrogens with one attached hydrogen (secondary N) is 1. The second kappa shape index (κ2) is 8.50. The van der Waals surface area contributed by atoms with Gasteiger partial charge in [0.15, 0.2) is 0 Å². The van der Waals surface area contributed by atoms with Crippen LogP contribution in [0, 0.1) is 0 Å².